The second kappa shape index (κ2) is 9.39. The normalized spacial score (nSPS) is 16.6. The molecule has 3 aromatic heterocycles. The number of imidazole rings is 1. The number of aryl methyl sites for hydroxylation is 1. The van der Waals surface area contributed by atoms with E-state index in [1.807, 2.05) is 75.0 Å². The number of carbonyl (C=O) groups excluding carboxylic acids is 1. The van der Waals surface area contributed by atoms with Gasteiger partial charge in [-0.1, -0.05) is 30.3 Å². The van der Waals surface area contributed by atoms with E-state index in [0.717, 1.165) is 47.2 Å². The predicted molar refractivity (Wildman–Crippen MR) is 142 cm³/mol. The van der Waals surface area contributed by atoms with Gasteiger partial charge < -0.3 is 23.8 Å². The molecule has 2 aliphatic rings. The summed E-state index contributed by atoms with van der Waals surface area (Å²) in [5, 5.41) is 4.76. The number of rotatable bonds is 4. The first-order valence-electron chi connectivity index (χ1n) is 12.9. The lowest BCUT2D eigenvalue weighted by atomic mass is 10.00. The van der Waals surface area contributed by atoms with Crippen LogP contribution in [-0.4, -0.2) is 85.3 Å². The number of fused-ring (bicyclic) bond motifs is 1. The fourth-order valence-corrected chi connectivity index (χ4v) is 4.83. The molecule has 0 atom stereocenters. The van der Waals surface area contributed by atoms with Crippen molar-refractivity contribution >= 4 is 23.1 Å². The van der Waals surface area contributed by atoms with Crippen molar-refractivity contribution in [2.45, 2.75) is 32.3 Å². The van der Waals surface area contributed by atoms with Crippen molar-refractivity contribution in [3.8, 4) is 17.2 Å². The molecular formula is C27H32N8O3. The standard InChI is InChI=1S/C27H32N8O3/c1-27(2,3)38-26(36)34-16-19(17-34)22-28-21-23(32(22)4)29-25(30-24(21)33-12-14-37-15-13-33)35-11-10-20(31-35)18-8-6-5-7-9-18/h5-11,19H,12-17H2,1-4H3. The predicted octanol–water partition coefficient (Wildman–Crippen LogP) is 3.39. The van der Waals surface area contributed by atoms with Crippen molar-refractivity contribution in [2.75, 3.05) is 44.3 Å². The van der Waals surface area contributed by atoms with E-state index in [-0.39, 0.29) is 12.0 Å². The molecule has 6 rings (SSSR count). The SMILES string of the molecule is Cn1c(C2CN(C(=O)OC(C)(C)C)C2)nc2c(N3CCOCC3)nc(-n3ccc(-c4ccccc4)n3)nc21. The molecule has 0 unspecified atom stereocenters. The average Bonchev–Trinajstić information content (AvgIpc) is 3.49. The van der Waals surface area contributed by atoms with Crippen LogP contribution in [0.15, 0.2) is 42.6 Å². The summed E-state index contributed by atoms with van der Waals surface area (Å²) in [7, 11) is 1.97. The van der Waals surface area contributed by atoms with Crippen molar-refractivity contribution in [3.63, 3.8) is 0 Å². The van der Waals surface area contributed by atoms with Crippen LogP contribution < -0.4 is 4.90 Å². The van der Waals surface area contributed by atoms with Crippen molar-refractivity contribution in [1.82, 2.24) is 34.2 Å². The van der Waals surface area contributed by atoms with Gasteiger partial charge in [0.2, 0.25) is 0 Å². The molecule has 2 aliphatic heterocycles. The first-order valence-corrected chi connectivity index (χ1v) is 12.9. The van der Waals surface area contributed by atoms with Gasteiger partial charge in [-0.25, -0.2) is 14.5 Å². The molecule has 1 aromatic carbocycles. The van der Waals surface area contributed by atoms with E-state index >= 15 is 0 Å². The van der Waals surface area contributed by atoms with Gasteiger partial charge in [-0.15, -0.1) is 0 Å². The fourth-order valence-electron chi connectivity index (χ4n) is 4.83. The topological polar surface area (TPSA) is 103 Å². The van der Waals surface area contributed by atoms with Gasteiger partial charge >= 0.3 is 6.09 Å². The minimum Gasteiger partial charge on any atom is -0.444 e. The van der Waals surface area contributed by atoms with Gasteiger partial charge in [0.05, 0.1) is 24.8 Å². The van der Waals surface area contributed by atoms with Gasteiger partial charge in [0, 0.05) is 45.0 Å². The number of anilines is 1. The Balaban J connectivity index is 1.35. The molecule has 2 fully saturated rings. The van der Waals surface area contributed by atoms with Crippen molar-refractivity contribution in [3.05, 3.63) is 48.4 Å². The van der Waals surface area contributed by atoms with E-state index < -0.39 is 5.60 Å². The number of benzene rings is 1. The highest BCUT2D eigenvalue weighted by Gasteiger charge is 2.38. The smallest absolute Gasteiger partial charge is 0.410 e. The van der Waals surface area contributed by atoms with Crippen LogP contribution in [0.3, 0.4) is 0 Å². The zero-order valence-electron chi connectivity index (χ0n) is 22.2. The molecule has 2 saturated heterocycles. The van der Waals surface area contributed by atoms with Gasteiger partial charge in [0.1, 0.15) is 11.4 Å². The molecule has 11 nitrogen and oxygen atoms in total. The summed E-state index contributed by atoms with van der Waals surface area (Å²) in [6.07, 6.45) is 1.59. The van der Waals surface area contributed by atoms with Crippen LogP contribution in [0.2, 0.25) is 0 Å². The third-order valence-corrected chi connectivity index (χ3v) is 6.80. The molecule has 38 heavy (non-hydrogen) atoms. The number of ether oxygens (including phenoxy) is 2. The Bertz CT molecular complexity index is 1460. The van der Waals surface area contributed by atoms with Gasteiger partial charge in [-0.2, -0.15) is 15.1 Å². The van der Waals surface area contributed by atoms with Gasteiger partial charge in [0.15, 0.2) is 17.0 Å². The second-order valence-corrected chi connectivity index (χ2v) is 10.7. The molecule has 11 heteroatoms. The molecular weight excluding hydrogens is 484 g/mol. The van der Waals surface area contributed by atoms with Gasteiger partial charge in [-0.3, -0.25) is 0 Å². The largest absolute Gasteiger partial charge is 0.444 e. The number of hydrogen-bond donors (Lipinski definition) is 0. The van der Waals surface area contributed by atoms with Crippen molar-refractivity contribution in [1.29, 1.82) is 0 Å². The first-order chi connectivity index (χ1) is 18.3. The minimum absolute atomic E-state index is 0.0945. The van der Waals surface area contributed by atoms with Crippen molar-refractivity contribution < 1.29 is 14.3 Å². The Morgan fingerprint density at radius 1 is 1.03 bits per heavy atom. The Labute approximate surface area is 221 Å². The molecule has 5 heterocycles. The number of morpholine rings is 1. The van der Waals surface area contributed by atoms with E-state index in [1.165, 1.54) is 0 Å². The highest BCUT2D eigenvalue weighted by atomic mass is 16.6. The Hall–Kier alpha value is -3.99. The minimum atomic E-state index is -0.522. The van der Waals surface area contributed by atoms with E-state index in [1.54, 1.807) is 9.58 Å². The van der Waals surface area contributed by atoms with Crippen LogP contribution in [-0.2, 0) is 16.5 Å². The molecule has 0 radical (unpaired) electrons. The number of hydrogen-bond acceptors (Lipinski definition) is 8. The monoisotopic (exact) mass is 516 g/mol. The Morgan fingerprint density at radius 2 is 1.76 bits per heavy atom. The molecule has 0 aliphatic carbocycles. The van der Waals surface area contributed by atoms with Gasteiger partial charge in [0.25, 0.3) is 5.95 Å². The summed E-state index contributed by atoms with van der Waals surface area (Å²) >= 11 is 0. The highest BCUT2D eigenvalue weighted by molar-refractivity contribution is 5.85. The quantitative estimate of drug-likeness (QED) is 0.407. The summed E-state index contributed by atoms with van der Waals surface area (Å²) in [6, 6.07) is 12.0. The number of carbonyl (C=O) groups is 1. The van der Waals surface area contributed by atoms with Crippen LogP contribution in [0.25, 0.3) is 28.4 Å². The molecule has 198 valence electrons. The van der Waals surface area contributed by atoms with Crippen LogP contribution in [0.4, 0.5) is 10.6 Å². The van der Waals surface area contributed by atoms with E-state index in [9.17, 15) is 4.79 Å². The maximum absolute atomic E-state index is 12.5. The van der Waals surface area contributed by atoms with E-state index in [4.69, 9.17) is 29.5 Å². The van der Waals surface area contributed by atoms with Crippen LogP contribution >= 0.6 is 0 Å². The summed E-state index contributed by atoms with van der Waals surface area (Å²) < 4.78 is 14.8. The van der Waals surface area contributed by atoms with E-state index in [0.29, 0.717) is 32.3 Å². The van der Waals surface area contributed by atoms with Crippen LogP contribution in [0.1, 0.15) is 32.5 Å². The Morgan fingerprint density at radius 3 is 2.47 bits per heavy atom. The second-order valence-electron chi connectivity index (χ2n) is 10.7. The summed E-state index contributed by atoms with van der Waals surface area (Å²) in [6.45, 7) is 9.45. The van der Waals surface area contributed by atoms with Crippen LogP contribution in [0.5, 0.6) is 0 Å². The number of amides is 1. The molecule has 0 saturated carbocycles. The van der Waals surface area contributed by atoms with Crippen molar-refractivity contribution in [2.24, 2.45) is 7.05 Å². The lowest BCUT2D eigenvalue weighted by Gasteiger charge is -2.39. The maximum atomic E-state index is 12.5. The zero-order valence-corrected chi connectivity index (χ0v) is 22.2. The third-order valence-electron chi connectivity index (χ3n) is 6.80. The maximum Gasteiger partial charge on any atom is 0.410 e. The molecule has 0 spiro atoms. The number of aromatic nitrogens is 6. The number of nitrogens with zero attached hydrogens (tertiary/aromatic N) is 8. The highest BCUT2D eigenvalue weighted by Crippen LogP contribution is 2.33. The summed E-state index contributed by atoms with van der Waals surface area (Å²) in [5.74, 6) is 2.23. The molecule has 4 aromatic rings. The fraction of sp³-hybridized carbons (Fsp3) is 0.444. The third kappa shape index (κ3) is 4.58. The average molecular weight is 517 g/mol. The van der Waals surface area contributed by atoms with E-state index in [2.05, 4.69) is 4.90 Å². The summed E-state index contributed by atoms with van der Waals surface area (Å²) in [5.41, 5.74) is 2.84. The van der Waals surface area contributed by atoms with Gasteiger partial charge in [-0.05, 0) is 26.8 Å². The zero-order chi connectivity index (χ0) is 26.4. The molecule has 0 N–H and O–H groups in total. The lowest BCUT2D eigenvalue weighted by molar-refractivity contribution is 0.00734. The molecule has 0 bridgehead atoms. The Kier molecular flexibility index (Phi) is 6.02. The molecule has 1 amide bonds. The summed E-state index contributed by atoms with van der Waals surface area (Å²) in [4.78, 5) is 31.2. The van der Waals surface area contributed by atoms with Crippen LogP contribution in [0, 0.1) is 0 Å². The first kappa shape index (κ1) is 24.4. The lowest BCUT2D eigenvalue weighted by Crippen LogP contribution is -2.50. The number of likely N-dealkylation sites (tertiary alicyclic amines) is 1.